The summed E-state index contributed by atoms with van der Waals surface area (Å²) in [4.78, 5) is 4.40. The molecule has 3 rings (SSSR count). The number of nitrogens with one attached hydrogen (secondary N) is 1. The van der Waals surface area contributed by atoms with Gasteiger partial charge in [-0.15, -0.1) is 0 Å². The van der Waals surface area contributed by atoms with Crippen LogP contribution >= 0.6 is 0 Å². The van der Waals surface area contributed by atoms with Crippen molar-refractivity contribution in [3.8, 4) is 0 Å². The van der Waals surface area contributed by atoms with Crippen LogP contribution < -0.4 is 5.32 Å². The zero-order valence-corrected chi connectivity index (χ0v) is 10.7. The van der Waals surface area contributed by atoms with Crippen LogP contribution in [0.2, 0.25) is 0 Å². The summed E-state index contributed by atoms with van der Waals surface area (Å²) in [6.07, 6.45) is 5.63. The molecule has 1 aliphatic rings. The van der Waals surface area contributed by atoms with Crippen LogP contribution in [0, 0.1) is 6.92 Å². The molecule has 0 aliphatic heterocycles. The molecule has 2 heteroatoms. The molecule has 1 aromatic carbocycles. The van der Waals surface area contributed by atoms with Crippen LogP contribution in [0.3, 0.4) is 0 Å². The summed E-state index contributed by atoms with van der Waals surface area (Å²) in [6.45, 7) is 2.90. The number of rotatable bonds is 3. The fraction of sp³-hybridized carbons (Fsp3) is 0.312. The Kier molecular flexibility index (Phi) is 3.01. The van der Waals surface area contributed by atoms with Crippen LogP contribution in [0.5, 0.6) is 0 Å². The summed E-state index contributed by atoms with van der Waals surface area (Å²) < 4.78 is 0. The SMILES string of the molecule is Cc1cccnc1CNc1ccc2c(c1)CCC2. The lowest BCUT2D eigenvalue weighted by Gasteiger charge is -2.09. The lowest BCUT2D eigenvalue weighted by atomic mass is 10.1. The summed E-state index contributed by atoms with van der Waals surface area (Å²) in [6, 6.07) is 10.8. The molecule has 0 saturated carbocycles. The topological polar surface area (TPSA) is 24.9 Å². The summed E-state index contributed by atoms with van der Waals surface area (Å²) in [5, 5.41) is 3.47. The van der Waals surface area contributed by atoms with E-state index in [0.717, 1.165) is 12.2 Å². The number of aryl methyl sites for hydroxylation is 3. The van der Waals surface area contributed by atoms with Gasteiger partial charge in [0.1, 0.15) is 0 Å². The number of nitrogens with zero attached hydrogens (tertiary/aromatic N) is 1. The number of hydrogen-bond donors (Lipinski definition) is 1. The maximum Gasteiger partial charge on any atom is 0.0623 e. The third-order valence-electron chi connectivity index (χ3n) is 3.68. The highest BCUT2D eigenvalue weighted by atomic mass is 14.9. The van der Waals surface area contributed by atoms with Gasteiger partial charge >= 0.3 is 0 Å². The summed E-state index contributed by atoms with van der Waals surface area (Å²) in [5.74, 6) is 0. The molecule has 1 aliphatic carbocycles. The molecule has 0 radical (unpaired) electrons. The lowest BCUT2D eigenvalue weighted by molar-refractivity contribution is 0.911. The van der Waals surface area contributed by atoms with E-state index in [9.17, 15) is 0 Å². The largest absolute Gasteiger partial charge is 0.379 e. The second-order valence-electron chi connectivity index (χ2n) is 4.96. The monoisotopic (exact) mass is 238 g/mol. The van der Waals surface area contributed by atoms with Gasteiger partial charge in [0, 0.05) is 11.9 Å². The van der Waals surface area contributed by atoms with E-state index in [1.165, 1.54) is 41.6 Å². The molecule has 0 bridgehead atoms. The number of pyridine rings is 1. The van der Waals surface area contributed by atoms with Crippen molar-refractivity contribution in [2.45, 2.75) is 32.7 Å². The molecule has 2 aromatic rings. The molecule has 1 heterocycles. The molecule has 18 heavy (non-hydrogen) atoms. The third kappa shape index (κ3) is 2.23. The number of fused-ring (bicyclic) bond motifs is 1. The Morgan fingerprint density at radius 2 is 2.06 bits per heavy atom. The van der Waals surface area contributed by atoms with Crippen LogP contribution in [0.1, 0.15) is 28.8 Å². The highest BCUT2D eigenvalue weighted by Gasteiger charge is 2.10. The molecule has 1 aromatic heterocycles. The van der Waals surface area contributed by atoms with Crippen molar-refractivity contribution in [1.82, 2.24) is 4.98 Å². The Morgan fingerprint density at radius 1 is 1.17 bits per heavy atom. The minimum atomic E-state index is 0.797. The zero-order chi connectivity index (χ0) is 12.4. The molecule has 0 spiro atoms. The van der Waals surface area contributed by atoms with Gasteiger partial charge in [-0.25, -0.2) is 0 Å². The van der Waals surface area contributed by atoms with Crippen molar-refractivity contribution in [2.75, 3.05) is 5.32 Å². The van der Waals surface area contributed by atoms with Gasteiger partial charge in [0.25, 0.3) is 0 Å². The second kappa shape index (κ2) is 4.81. The number of anilines is 1. The molecule has 92 valence electrons. The van der Waals surface area contributed by atoms with Gasteiger partial charge in [0.05, 0.1) is 12.2 Å². The van der Waals surface area contributed by atoms with Gasteiger partial charge in [-0.2, -0.15) is 0 Å². The normalized spacial score (nSPS) is 13.4. The van der Waals surface area contributed by atoms with Crippen LogP contribution in [0.15, 0.2) is 36.5 Å². The number of aromatic nitrogens is 1. The highest BCUT2D eigenvalue weighted by molar-refractivity contribution is 5.50. The number of benzene rings is 1. The van der Waals surface area contributed by atoms with E-state index < -0.39 is 0 Å². The zero-order valence-electron chi connectivity index (χ0n) is 10.7. The van der Waals surface area contributed by atoms with Crippen molar-refractivity contribution in [1.29, 1.82) is 0 Å². The van der Waals surface area contributed by atoms with Gasteiger partial charge in [-0.1, -0.05) is 12.1 Å². The van der Waals surface area contributed by atoms with Gasteiger partial charge in [0.15, 0.2) is 0 Å². The fourth-order valence-electron chi connectivity index (χ4n) is 2.57. The van der Waals surface area contributed by atoms with E-state index in [2.05, 4.69) is 41.5 Å². The van der Waals surface area contributed by atoms with Crippen LogP contribution in [-0.4, -0.2) is 4.98 Å². The maximum absolute atomic E-state index is 4.40. The Hall–Kier alpha value is -1.83. The molecule has 0 fully saturated rings. The average Bonchev–Trinajstić information content (AvgIpc) is 2.85. The molecular formula is C16H18N2. The van der Waals surface area contributed by atoms with E-state index in [1.54, 1.807) is 0 Å². The molecule has 1 N–H and O–H groups in total. The quantitative estimate of drug-likeness (QED) is 0.885. The summed E-state index contributed by atoms with van der Waals surface area (Å²) in [7, 11) is 0. The van der Waals surface area contributed by atoms with E-state index in [4.69, 9.17) is 0 Å². The summed E-state index contributed by atoms with van der Waals surface area (Å²) in [5.41, 5.74) is 6.61. The van der Waals surface area contributed by atoms with Gasteiger partial charge in [0.2, 0.25) is 0 Å². The predicted octanol–water partition coefficient (Wildman–Crippen LogP) is 3.49. The molecule has 0 amide bonds. The molecular weight excluding hydrogens is 220 g/mol. The van der Waals surface area contributed by atoms with Crippen molar-refractivity contribution in [3.05, 3.63) is 58.9 Å². The van der Waals surface area contributed by atoms with Gasteiger partial charge in [-0.3, -0.25) is 4.98 Å². The maximum atomic E-state index is 4.40. The summed E-state index contributed by atoms with van der Waals surface area (Å²) >= 11 is 0. The standard InChI is InChI=1S/C16H18N2/c1-12-4-3-9-17-16(12)11-18-15-8-7-13-5-2-6-14(13)10-15/h3-4,7-10,18H,2,5-6,11H2,1H3. The van der Waals surface area contributed by atoms with Gasteiger partial charge in [-0.05, 0) is 61.1 Å². The molecule has 0 saturated heterocycles. The van der Waals surface area contributed by atoms with Crippen molar-refractivity contribution < 1.29 is 0 Å². The smallest absolute Gasteiger partial charge is 0.0623 e. The van der Waals surface area contributed by atoms with Crippen LogP contribution in [0.25, 0.3) is 0 Å². The highest BCUT2D eigenvalue weighted by Crippen LogP contribution is 2.25. The van der Waals surface area contributed by atoms with Crippen molar-refractivity contribution in [3.63, 3.8) is 0 Å². The van der Waals surface area contributed by atoms with Crippen LogP contribution in [-0.2, 0) is 19.4 Å². The van der Waals surface area contributed by atoms with Crippen molar-refractivity contribution in [2.24, 2.45) is 0 Å². The second-order valence-corrected chi connectivity index (χ2v) is 4.96. The lowest BCUT2D eigenvalue weighted by Crippen LogP contribution is -2.03. The first-order valence-electron chi connectivity index (χ1n) is 6.59. The van der Waals surface area contributed by atoms with E-state index >= 15 is 0 Å². The molecule has 0 unspecified atom stereocenters. The minimum Gasteiger partial charge on any atom is -0.379 e. The predicted molar refractivity (Wildman–Crippen MR) is 74.8 cm³/mol. The van der Waals surface area contributed by atoms with E-state index in [-0.39, 0.29) is 0 Å². The fourth-order valence-corrected chi connectivity index (χ4v) is 2.57. The Labute approximate surface area is 108 Å². The first-order chi connectivity index (χ1) is 8.83. The Balaban J connectivity index is 1.72. The van der Waals surface area contributed by atoms with Gasteiger partial charge < -0.3 is 5.32 Å². The third-order valence-corrected chi connectivity index (χ3v) is 3.68. The first-order valence-corrected chi connectivity index (χ1v) is 6.59. The first kappa shape index (κ1) is 11.3. The van der Waals surface area contributed by atoms with Crippen molar-refractivity contribution >= 4 is 5.69 Å². The number of hydrogen-bond acceptors (Lipinski definition) is 2. The van der Waals surface area contributed by atoms with E-state index in [1.807, 2.05) is 12.3 Å². The molecule has 2 nitrogen and oxygen atoms in total. The van der Waals surface area contributed by atoms with E-state index in [0.29, 0.717) is 0 Å². The van der Waals surface area contributed by atoms with Crippen LogP contribution in [0.4, 0.5) is 5.69 Å². The molecule has 0 atom stereocenters. The Morgan fingerprint density at radius 3 is 2.94 bits per heavy atom. The Bertz CT molecular complexity index is 561. The minimum absolute atomic E-state index is 0.797. The average molecular weight is 238 g/mol.